The molecule has 0 fully saturated rings. The Kier molecular flexibility index (Phi) is 4.10. The summed E-state index contributed by atoms with van der Waals surface area (Å²) in [6.07, 6.45) is 2.70. The minimum Gasteiger partial charge on any atom is -0.478 e. The molecule has 0 amide bonds. The molecule has 0 aliphatic rings. The van der Waals surface area contributed by atoms with E-state index < -0.39 is 37.3 Å². The fraction of sp³-hybridized carbons (Fsp3) is 0. The van der Waals surface area contributed by atoms with Crippen molar-refractivity contribution < 1.29 is 22.7 Å². The molecule has 0 aliphatic carbocycles. The molecule has 9 heteroatoms. The maximum atomic E-state index is 13.6. The van der Waals surface area contributed by atoms with Crippen molar-refractivity contribution in [3.8, 4) is 0 Å². The zero-order valence-electron chi connectivity index (χ0n) is 10.2. The average molecular weight is 331 g/mol. The molecule has 0 saturated carbocycles. The van der Waals surface area contributed by atoms with E-state index in [1.165, 1.54) is 24.5 Å². The number of rotatable bonds is 4. The number of carboxylic acid groups (broad SMARTS) is 1. The Morgan fingerprint density at radius 3 is 2.67 bits per heavy atom. The van der Waals surface area contributed by atoms with E-state index in [4.69, 9.17) is 16.7 Å². The predicted molar refractivity (Wildman–Crippen MR) is 73.4 cm³/mol. The van der Waals surface area contributed by atoms with Crippen LogP contribution < -0.4 is 4.72 Å². The third-order valence-corrected chi connectivity index (χ3v) is 4.20. The van der Waals surface area contributed by atoms with Crippen molar-refractivity contribution in [3.05, 3.63) is 53.1 Å². The van der Waals surface area contributed by atoms with Crippen LogP contribution in [0.15, 0.2) is 41.6 Å². The Balaban J connectivity index is 2.48. The minimum absolute atomic E-state index is 0.157. The quantitative estimate of drug-likeness (QED) is 0.897. The van der Waals surface area contributed by atoms with Crippen LogP contribution in [0.4, 0.5) is 10.1 Å². The Hall–Kier alpha value is -2.19. The minimum atomic E-state index is -4.16. The molecule has 2 aromatic rings. The normalized spacial score (nSPS) is 11.1. The van der Waals surface area contributed by atoms with E-state index in [0.29, 0.717) is 6.07 Å². The lowest BCUT2D eigenvalue weighted by Gasteiger charge is -2.09. The number of carboxylic acids is 1. The molecular weight excluding hydrogens is 323 g/mol. The van der Waals surface area contributed by atoms with Gasteiger partial charge in [-0.05, 0) is 24.3 Å². The molecule has 2 rings (SSSR count). The summed E-state index contributed by atoms with van der Waals surface area (Å²) < 4.78 is 39.9. The number of anilines is 1. The molecular formula is C12H8ClFN2O4S. The maximum Gasteiger partial charge on any atom is 0.337 e. The van der Waals surface area contributed by atoms with E-state index in [1.807, 2.05) is 0 Å². The summed E-state index contributed by atoms with van der Waals surface area (Å²) in [6.45, 7) is 0. The van der Waals surface area contributed by atoms with Crippen molar-refractivity contribution in [2.24, 2.45) is 0 Å². The fourth-order valence-electron chi connectivity index (χ4n) is 1.51. The van der Waals surface area contributed by atoms with Crippen molar-refractivity contribution >= 4 is 33.3 Å². The summed E-state index contributed by atoms with van der Waals surface area (Å²) in [6, 6.07) is 4.37. The van der Waals surface area contributed by atoms with Gasteiger partial charge in [-0.3, -0.25) is 9.71 Å². The lowest BCUT2D eigenvalue weighted by atomic mass is 10.2. The van der Waals surface area contributed by atoms with Crippen molar-refractivity contribution in [2.75, 3.05) is 4.72 Å². The summed E-state index contributed by atoms with van der Waals surface area (Å²) in [4.78, 5) is 14.1. The number of aromatic nitrogens is 1. The van der Waals surface area contributed by atoms with Gasteiger partial charge in [-0.2, -0.15) is 0 Å². The van der Waals surface area contributed by atoms with Gasteiger partial charge in [-0.1, -0.05) is 11.6 Å². The fourth-order valence-corrected chi connectivity index (χ4v) is 2.78. The highest BCUT2D eigenvalue weighted by atomic mass is 35.5. The van der Waals surface area contributed by atoms with Gasteiger partial charge in [-0.15, -0.1) is 0 Å². The van der Waals surface area contributed by atoms with Crippen molar-refractivity contribution in [1.82, 2.24) is 4.98 Å². The topological polar surface area (TPSA) is 96.4 Å². The third-order valence-electron chi connectivity index (χ3n) is 2.46. The number of nitrogens with one attached hydrogen (secondary N) is 1. The summed E-state index contributed by atoms with van der Waals surface area (Å²) in [5.74, 6) is -2.67. The summed E-state index contributed by atoms with van der Waals surface area (Å²) in [7, 11) is -4.16. The third kappa shape index (κ3) is 3.29. The number of nitrogens with zero attached hydrogens (tertiary/aromatic N) is 1. The number of sulfonamides is 1. The van der Waals surface area contributed by atoms with Gasteiger partial charge in [0.15, 0.2) is 0 Å². The van der Waals surface area contributed by atoms with Crippen LogP contribution in [0.1, 0.15) is 10.4 Å². The highest BCUT2D eigenvalue weighted by Gasteiger charge is 2.22. The maximum absolute atomic E-state index is 13.6. The first kappa shape index (κ1) is 15.2. The van der Waals surface area contributed by atoms with Gasteiger partial charge in [-0.25, -0.2) is 17.6 Å². The molecule has 0 atom stereocenters. The lowest BCUT2D eigenvalue weighted by molar-refractivity contribution is 0.0696. The molecule has 0 aliphatic heterocycles. The number of carbonyl (C=O) groups is 1. The second kappa shape index (κ2) is 5.66. The molecule has 21 heavy (non-hydrogen) atoms. The standard InChI is InChI=1S/C12H8ClFN2O4S/c13-11-9(12(17)18)4-8(5-10(11)14)21(19,20)16-7-2-1-3-15-6-7/h1-6,16H,(H,17,18). The first-order valence-electron chi connectivity index (χ1n) is 5.46. The molecule has 0 spiro atoms. The van der Waals surface area contributed by atoms with Crippen LogP contribution in [0.5, 0.6) is 0 Å². The highest BCUT2D eigenvalue weighted by molar-refractivity contribution is 7.92. The van der Waals surface area contributed by atoms with Crippen LogP contribution in [0.3, 0.4) is 0 Å². The zero-order chi connectivity index (χ0) is 15.6. The van der Waals surface area contributed by atoms with Gasteiger partial charge in [0.2, 0.25) is 0 Å². The molecule has 1 aromatic carbocycles. The number of benzene rings is 1. The highest BCUT2D eigenvalue weighted by Crippen LogP contribution is 2.25. The van der Waals surface area contributed by atoms with Gasteiger partial charge in [0, 0.05) is 6.20 Å². The number of halogens is 2. The Morgan fingerprint density at radius 2 is 2.10 bits per heavy atom. The van der Waals surface area contributed by atoms with Crippen LogP contribution in [0, 0.1) is 5.82 Å². The largest absolute Gasteiger partial charge is 0.478 e. The van der Waals surface area contributed by atoms with Crippen molar-refractivity contribution in [1.29, 1.82) is 0 Å². The summed E-state index contributed by atoms with van der Waals surface area (Å²) in [5, 5.41) is 8.24. The number of pyridine rings is 1. The van der Waals surface area contributed by atoms with Crippen LogP contribution in [-0.4, -0.2) is 24.5 Å². The molecule has 2 N–H and O–H groups in total. The monoisotopic (exact) mass is 330 g/mol. The molecule has 6 nitrogen and oxygen atoms in total. The van der Waals surface area contributed by atoms with Crippen LogP contribution in [-0.2, 0) is 10.0 Å². The van der Waals surface area contributed by atoms with E-state index in [9.17, 15) is 17.6 Å². The number of hydrogen-bond donors (Lipinski definition) is 2. The summed E-state index contributed by atoms with van der Waals surface area (Å²) >= 11 is 5.49. The Labute approximate surface area is 124 Å². The predicted octanol–water partition coefficient (Wildman–Crippen LogP) is 2.37. The van der Waals surface area contributed by atoms with E-state index in [1.54, 1.807) is 0 Å². The van der Waals surface area contributed by atoms with Gasteiger partial charge >= 0.3 is 5.97 Å². The van der Waals surface area contributed by atoms with E-state index in [0.717, 1.165) is 6.07 Å². The molecule has 110 valence electrons. The molecule has 1 heterocycles. The second-order valence-corrected chi connectivity index (χ2v) is 5.98. The molecule has 1 aromatic heterocycles. The van der Waals surface area contributed by atoms with E-state index in [2.05, 4.69) is 9.71 Å². The Bertz CT molecular complexity index is 796. The van der Waals surface area contributed by atoms with Crippen LogP contribution >= 0.6 is 11.6 Å². The molecule has 0 bridgehead atoms. The van der Waals surface area contributed by atoms with Gasteiger partial charge in [0.25, 0.3) is 10.0 Å². The van der Waals surface area contributed by atoms with Crippen molar-refractivity contribution in [3.63, 3.8) is 0 Å². The zero-order valence-corrected chi connectivity index (χ0v) is 11.8. The van der Waals surface area contributed by atoms with Crippen molar-refractivity contribution in [2.45, 2.75) is 4.90 Å². The van der Waals surface area contributed by atoms with Crippen LogP contribution in [0.25, 0.3) is 0 Å². The van der Waals surface area contributed by atoms with Crippen LogP contribution in [0.2, 0.25) is 5.02 Å². The second-order valence-electron chi connectivity index (χ2n) is 3.92. The lowest BCUT2D eigenvalue weighted by Crippen LogP contribution is -2.14. The number of hydrogen-bond acceptors (Lipinski definition) is 4. The Morgan fingerprint density at radius 1 is 1.38 bits per heavy atom. The number of aromatic carboxylic acids is 1. The SMILES string of the molecule is O=C(O)c1cc(S(=O)(=O)Nc2cccnc2)cc(F)c1Cl. The average Bonchev–Trinajstić information content (AvgIpc) is 2.41. The van der Waals surface area contributed by atoms with Gasteiger partial charge < -0.3 is 5.11 Å². The first-order valence-corrected chi connectivity index (χ1v) is 7.32. The smallest absolute Gasteiger partial charge is 0.337 e. The van der Waals surface area contributed by atoms with Gasteiger partial charge in [0.1, 0.15) is 5.82 Å². The first-order chi connectivity index (χ1) is 9.81. The van der Waals surface area contributed by atoms with E-state index >= 15 is 0 Å². The molecule has 0 unspecified atom stereocenters. The molecule has 0 radical (unpaired) electrons. The molecule has 0 saturated heterocycles. The van der Waals surface area contributed by atoms with E-state index in [-0.39, 0.29) is 5.69 Å². The van der Waals surface area contributed by atoms with Gasteiger partial charge in [0.05, 0.1) is 27.4 Å². The summed E-state index contributed by atoms with van der Waals surface area (Å²) in [5.41, 5.74) is -0.479.